The summed E-state index contributed by atoms with van der Waals surface area (Å²) in [5.74, 6) is 1.27. The molecule has 2 aromatic rings. The van der Waals surface area contributed by atoms with E-state index in [0.29, 0.717) is 18.3 Å². The second kappa shape index (κ2) is 5.48. The van der Waals surface area contributed by atoms with E-state index in [1.165, 1.54) is 0 Å². The highest BCUT2D eigenvalue weighted by atomic mass is 16.5. The molecular weight excluding hydrogens is 268 g/mol. The second-order valence-electron chi connectivity index (χ2n) is 5.56. The van der Waals surface area contributed by atoms with Crippen LogP contribution < -0.4 is 0 Å². The Bertz CT molecular complexity index is 630. The number of hydrogen-bond donors (Lipinski definition) is 1. The number of aromatic hydroxyl groups is 1. The van der Waals surface area contributed by atoms with Gasteiger partial charge in [-0.15, -0.1) is 0 Å². The SMILES string of the molecule is CCOC1(c2noc(-c3ccc(C)c(O)c3)n2)CCCC1. The van der Waals surface area contributed by atoms with Crippen molar-refractivity contribution in [2.45, 2.75) is 45.1 Å². The molecule has 112 valence electrons. The van der Waals surface area contributed by atoms with Crippen molar-refractivity contribution < 1.29 is 14.4 Å². The van der Waals surface area contributed by atoms with Crippen LogP contribution in [0.1, 0.15) is 44.0 Å². The molecule has 1 saturated carbocycles. The standard InChI is InChI=1S/C16H20N2O3/c1-3-20-16(8-4-5-9-16)15-17-14(21-18-15)12-7-6-11(2)13(19)10-12/h6-7,10,19H,3-5,8-9H2,1-2H3. The van der Waals surface area contributed by atoms with Gasteiger partial charge in [-0.05, 0) is 57.2 Å². The number of aryl methyl sites for hydroxylation is 1. The first-order valence-electron chi connectivity index (χ1n) is 7.43. The van der Waals surface area contributed by atoms with Crippen LogP contribution in [0.4, 0.5) is 0 Å². The van der Waals surface area contributed by atoms with Gasteiger partial charge >= 0.3 is 0 Å². The zero-order valence-electron chi connectivity index (χ0n) is 12.4. The van der Waals surface area contributed by atoms with Crippen LogP contribution >= 0.6 is 0 Å². The van der Waals surface area contributed by atoms with Crippen LogP contribution in [-0.4, -0.2) is 21.9 Å². The lowest BCUT2D eigenvalue weighted by Crippen LogP contribution is -2.27. The Morgan fingerprint density at radius 2 is 2.10 bits per heavy atom. The molecule has 1 aliphatic rings. The van der Waals surface area contributed by atoms with Crippen molar-refractivity contribution >= 4 is 0 Å². The van der Waals surface area contributed by atoms with Crippen LogP contribution in [0, 0.1) is 6.92 Å². The largest absolute Gasteiger partial charge is 0.508 e. The van der Waals surface area contributed by atoms with Crippen molar-refractivity contribution in [1.29, 1.82) is 0 Å². The monoisotopic (exact) mass is 288 g/mol. The van der Waals surface area contributed by atoms with Crippen LogP contribution in [0.15, 0.2) is 22.7 Å². The lowest BCUT2D eigenvalue weighted by atomic mass is 10.0. The molecule has 0 amide bonds. The molecule has 0 aliphatic heterocycles. The molecule has 1 aromatic heterocycles. The average molecular weight is 288 g/mol. The van der Waals surface area contributed by atoms with Gasteiger partial charge in [-0.1, -0.05) is 11.2 Å². The molecular formula is C16H20N2O3. The quantitative estimate of drug-likeness (QED) is 0.931. The van der Waals surface area contributed by atoms with E-state index < -0.39 is 5.60 Å². The van der Waals surface area contributed by atoms with Crippen LogP contribution in [0.25, 0.3) is 11.5 Å². The van der Waals surface area contributed by atoms with Gasteiger partial charge in [0.15, 0.2) is 0 Å². The molecule has 1 aromatic carbocycles. The van der Waals surface area contributed by atoms with E-state index in [1.54, 1.807) is 6.07 Å². The van der Waals surface area contributed by atoms with Crippen molar-refractivity contribution in [1.82, 2.24) is 10.1 Å². The van der Waals surface area contributed by atoms with Gasteiger partial charge < -0.3 is 14.4 Å². The maximum absolute atomic E-state index is 9.80. The van der Waals surface area contributed by atoms with Gasteiger partial charge in [0.2, 0.25) is 5.82 Å². The van der Waals surface area contributed by atoms with Crippen LogP contribution in [0.3, 0.4) is 0 Å². The fraction of sp³-hybridized carbons (Fsp3) is 0.500. The summed E-state index contributed by atoms with van der Waals surface area (Å²) < 4.78 is 11.3. The van der Waals surface area contributed by atoms with E-state index in [9.17, 15) is 5.11 Å². The second-order valence-corrected chi connectivity index (χ2v) is 5.56. The lowest BCUT2D eigenvalue weighted by molar-refractivity contribution is -0.0469. The predicted molar refractivity (Wildman–Crippen MR) is 77.9 cm³/mol. The van der Waals surface area contributed by atoms with Gasteiger partial charge in [0, 0.05) is 12.2 Å². The molecule has 5 nitrogen and oxygen atoms in total. The lowest BCUT2D eigenvalue weighted by Gasteiger charge is -2.24. The summed E-state index contributed by atoms with van der Waals surface area (Å²) in [6.45, 7) is 4.47. The Morgan fingerprint density at radius 3 is 2.76 bits per heavy atom. The first kappa shape index (κ1) is 14.1. The molecule has 0 radical (unpaired) electrons. The van der Waals surface area contributed by atoms with Crippen molar-refractivity contribution in [3.63, 3.8) is 0 Å². The first-order valence-corrected chi connectivity index (χ1v) is 7.43. The maximum atomic E-state index is 9.80. The fourth-order valence-electron chi connectivity index (χ4n) is 2.92. The van der Waals surface area contributed by atoms with Gasteiger partial charge in [-0.3, -0.25) is 0 Å². The fourth-order valence-corrected chi connectivity index (χ4v) is 2.92. The number of nitrogens with zero attached hydrogens (tertiary/aromatic N) is 2. The van der Waals surface area contributed by atoms with Gasteiger partial charge in [0.25, 0.3) is 5.89 Å². The van der Waals surface area contributed by atoms with Gasteiger partial charge in [0.1, 0.15) is 11.4 Å². The van der Waals surface area contributed by atoms with Gasteiger partial charge in [0.05, 0.1) is 0 Å². The first-order chi connectivity index (χ1) is 10.1. The number of rotatable bonds is 4. The normalized spacial score (nSPS) is 17.2. The molecule has 0 spiro atoms. The zero-order chi connectivity index (χ0) is 14.9. The van der Waals surface area contributed by atoms with E-state index in [4.69, 9.17) is 9.26 Å². The molecule has 1 fully saturated rings. The molecule has 5 heteroatoms. The highest BCUT2D eigenvalue weighted by Crippen LogP contribution is 2.41. The minimum atomic E-state index is -0.400. The third kappa shape index (κ3) is 2.53. The zero-order valence-corrected chi connectivity index (χ0v) is 12.4. The van der Waals surface area contributed by atoms with Crippen LogP contribution in [-0.2, 0) is 10.3 Å². The minimum absolute atomic E-state index is 0.229. The third-order valence-electron chi connectivity index (χ3n) is 4.12. The van der Waals surface area contributed by atoms with E-state index >= 15 is 0 Å². The Morgan fingerprint density at radius 1 is 1.33 bits per heavy atom. The number of phenols is 1. The summed E-state index contributed by atoms with van der Waals surface area (Å²) in [5.41, 5.74) is 1.14. The highest BCUT2D eigenvalue weighted by Gasteiger charge is 2.40. The molecule has 0 bridgehead atoms. The summed E-state index contributed by atoms with van der Waals surface area (Å²) in [6, 6.07) is 5.35. The van der Waals surface area contributed by atoms with Crippen molar-refractivity contribution in [2.24, 2.45) is 0 Å². The summed E-state index contributed by atoms with van der Waals surface area (Å²) in [5, 5.41) is 13.9. The molecule has 3 rings (SSSR count). The van der Waals surface area contributed by atoms with Crippen LogP contribution in [0.2, 0.25) is 0 Å². The minimum Gasteiger partial charge on any atom is -0.508 e. The number of ether oxygens (including phenoxy) is 1. The predicted octanol–water partition coefficient (Wildman–Crippen LogP) is 3.56. The Kier molecular flexibility index (Phi) is 3.68. The molecule has 0 atom stereocenters. The van der Waals surface area contributed by atoms with Gasteiger partial charge in [-0.2, -0.15) is 4.98 Å². The summed E-state index contributed by atoms with van der Waals surface area (Å²) in [7, 11) is 0. The topological polar surface area (TPSA) is 68.4 Å². The number of hydrogen-bond acceptors (Lipinski definition) is 5. The number of benzene rings is 1. The Hall–Kier alpha value is -1.88. The van der Waals surface area contributed by atoms with Crippen LogP contribution in [0.5, 0.6) is 5.75 Å². The smallest absolute Gasteiger partial charge is 0.258 e. The van der Waals surface area contributed by atoms with Crippen molar-refractivity contribution in [2.75, 3.05) is 6.61 Å². The Balaban J connectivity index is 1.93. The van der Waals surface area contributed by atoms with E-state index in [1.807, 2.05) is 26.0 Å². The average Bonchev–Trinajstić information content (AvgIpc) is 3.12. The van der Waals surface area contributed by atoms with Crippen molar-refractivity contribution in [3.05, 3.63) is 29.6 Å². The number of aromatic nitrogens is 2. The highest BCUT2D eigenvalue weighted by molar-refractivity contribution is 5.57. The van der Waals surface area contributed by atoms with Crippen molar-refractivity contribution in [3.8, 4) is 17.2 Å². The summed E-state index contributed by atoms with van der Waals surface area (Å²) in [6.07, 6.45) is 4.10. The van der Waals surface area contributed by atoms with E-state index in [2.05, 4.69) is 10.1 Å². The molecule has 21 heavy (non-hydrogen) atoms. The van der Waals surface area contributed by atoms with E-state index in [-0.39, 0.29) is 5.75 Å². The molecule has 0 saturated heterocycles. The molecule has 1 aliphatic carbocycles. The molecule has 1 N–H and O–H groups in total. The third-order valence-corrected chi connectivity index (χ3v) is 4.12. The number of phenolic OH excluding ortho intramolecular Hbond substituents is 1. The molecule has 0 unspecified atom stereocenters. The maximum Gasteiger partial charge on any atom is 0.258 e. The Labute approximate surface area is 123 Å². The summed E-state index contributed by atoms with van der Waals surface area (Å²) in [4.78, 5) is 4.51. The summed E-state index contributed by atoms with van der Waals surface area (Å²) >= 11 is 0. The van der Waals surface area contributed by atoms with Gasteiger partial charge in [-0.25, -0.2) is 0 Å². The van der Waals surface area contributed by atoms with E-state index in [0.717, 1.165) is 36.8 Å². The molecule has 1 heterocycles.